The van der Waals surface area contributed by atoms with E-state index in [1.54, 1.807) is 0 Å². The summed E-state index contributed by atoms with van der Waals surface area (Å²) in [6.45, 7) is 15.1. The lowest BCUT2D eigenvalue weighted by Gasteiger charge is -2.34. The lowest BCUT2D eigenvalue weighted by molar-refractivity contribution is 0.454. The molecule has 0 fully saturated rings. The summed E-state index contributed by atoms with van der Waals surface area (Å²) >= 11 is 0. The number of benzene rings is 2. The third-order valence-electron chi connectivity index (χ3n) is 5.24. The lowest BCUT2D eigenvalue weighted by atomic mass is 9.84. The van der Waals surface area contributed by atoms with Crippen molar-refractivity contribution in [2.45, 2.75) is 53.9 Å². The van der Waals surface area contributed by atoms with E-state index >= 15 is 0 Å². The van der Waals surface area contributed by atoms with E-state index in [0.29, 0.717) is 11.7 Å². The lowest BCUT2D eigenvalue weighted by Crippen LogP contribution is -2.20. The Kier molecular flexibility index (Phi) is 4.18. The van der Waals surface area contributed by atoms with Gasteiger partial charge in [-0.05, 0) is 67.5 Å². The number of ether oxygens (including phenoxy) is 1. The van der Waals surface area contributed by atoms with Crippen LogP contribution < -0.4 is 9.64 Å². The Morgan fingerprint density at radius 3 is 2.21 bits per heavy atom. The zero-order chi connectivity index (χ0) is 20.2. The largest absolute Gasteiger partial charge is 0.435 e. The van der Waals surface area contributed by atoms with Crippen molar-refractivity contribution in [1.29, 1.82) is 0 Å². The van der Waals surface area contributed by atoms with Gasteiger partial charge < -0.3 is 9.64 Å². The molecule has 2 aromatic carbocycles. The highest BCUT2D eigenvalue weighted by Gasteiger charge is 2.30. The van der Waals surface area contributed by atoms with Crippen LogP contribution in [0.15, 0.2) is 36.5 Å². The van der Waals surface area contributed by atoms with E-state index in [-0.39, 0.29) is 5.41 Å². The molecule has 1 aliphatic rings. The van der Waals surface area contributed by atoms with Crippen molar-refractivity contribution in [3.63, 3.8) is 0 Å². The number of hydrogen-bond acceptors (Lipinski definition) is 4. The molecule has 0 spiro atoms. The number of aryl methyl sites for hydroxylation is 4. The zero-order valence-corrected chi connectivity index (χ0v) is 17.7. The van der Waals surface area contributed by atoms with Crippen molar-refractivity contribution in [2.24, 2.45) is 0 Å². The molecule has 0 radical (unpaired) electrons. The molecular weight excluding hydrogens is 346 g/mol. The molecule has 0 saturated carbocycles. The molecule has 2 heterocycles. The Hall–Kier alpha value is -2.88. The van der Waals surface area contributed by atoms with Crippen molar-refractivity contribution >= 4 is 17.1 Å². The number of anilines is 3. The van der Waals surface area contributed by atoms with Crippen LogP contribution in [0.4, 0.5) is 17.1 Å². The predicted molar refractivity (Wildman–Crippen MR) is 114 cm³/mol. The van der Waals surface area contributed by atoms with Crippen LogP contribution in [0.1, 0.15) is 48.8 Å². The summed E-state index contributed by atoms with van der Waals surface area (Å²) in [6, 6.07) is 10.8. The quantitative estimate of drug-likeness (QED) is 0.377. The molecule has 0 amide bonds. The van der Waals surface area contributed by atoms with E-state index in [4.69, 9.17) is 4.74 Å². The van der Waals surface area contributed by atoms with Crippen LogP contribution in [0.2, 0.25) is 0 Å². The molecule has 1 aromatic heterocycles. The third-order valence-corrected chi connectivity index (χ3v) is 5.24. The summed E-state index contributed by atoms with van der Waals surface area (Å²) in [5.41, 5.74) is 8.14. The summed E-state index contributed by atoms with van der Waals surface area (Å²) in [6.07, 6.45) is 1.86. The molecule has 4 rings (SSSR count). The number of fused-ring (bicyclic) bond motifs is 2. The second-order valence-electron chi connectivity index (χ2n) is 8.72. The molecular formula is C24H27N3O. The normalized spacial score (nSPS) is 13.0. The van der Waals surface area contributed by atoms with Gasteiger partial charge in [0.1, 0.15) is 11.5 Å². The van der Waals surface area contributed by atoms with Gasteiger partial charge in [-0.2, -0.15) is 4.98 Å². The minimum Gasteiger partial charge on any atom is -0.435 e. The standard InChI is InChI=1S/C24H27N3O/c1-14-8-9-21-19(10-14)27(20-13-25-17(4)26-23(20)28-21)22-15(2)11-18(12-16(22)3)24(5,6)7/h8-13H,1-7H3. The van der Waals surface area contributed by atoms with Gasteiger partial charge in [-0.15, -0.1) is 0 Å². The minimum atomic E-state index is 0.103. The van der Waals surface area contributed by atoms with E-state index in [2.05, 4.69) is 80.7 Å². The smallest absolute Gasteiger partial charge is 0.247 e. The highest BCUT2D eigenvalue weighted by atomic mass is 16.5. The van der Waals surface area contributed by atoms with E-state index in [1.807, 2.05) is 19.2 Å². The second-order valence-corrected chi connectivity index (χ2v) is 8.72. The van der Waals surface area contributed by atoms with Crippen LogP contribution in [0.5, 0.6) is 11.6 Å². The Morgan fingerprint density at radius 1 is 0.893 bits per heavy atom. The first-order valence-electron chi connectivity index (χ1n) is 9.69. The zero-order valence-electron chi connectivity index (χ0n) is 17.7. The van der Waals surface area contributed by atoms with Crippen molar-refractivity contribution in [3.05, 3.63) is 64.6 Å². The molecule has 28 heavy (non-hydrogen) atoms. The summed E-state index contributed by atoms with van der Waals surface area (Å²) in [5.74, 6) is 2.11. The van der Waals surface area contributed by atoms with Gasteiger partial charge >= 0.3 is 0 Å². The summed E-state index contributed by atoms with van der Waals surface area (Å²) in [5, 5.41) is 0. The molecule has 0 unspecified atom stereocenters. The maximum atomic E-state index is 6.13. The van der Waals surface area contributed by atoms with Crippen LogP contribution in [-0.4, -0.2) is 9.97 Å². The summed E-state index contributed by atoms with van der Waals surface area (Å²) < 4.78 is 6.13. The Bertz CT molecular complexity index is 1060. The minimum absolute atomic E-state index is 0.103. The van der Waals surface area contributed by atoms with Gasteiger partial charge in [0.25, 0.3) is 0 Å². The highest BCUT2D eigenvalue weighted by molar-refractivity contribution is 5.87. The van der Waals surface area contributed by atoms with Crippen molar-refractivity contribution in [2.75, 3.05) is 4.90 Å². The van der Waals surface area contributed by atoms with Crippen molar-refractivity contribution in [3.8, 4) is 11.6 Å². The monoisotopic (exact) mass is 373 g/mol. The Labute approximate surface area is 167 Å². The average Bonchev–Trinajstić information content (AvgIpc) is 2.60. The van der Waals surface area contributed by atoms with E-state index in [9.17, 15) is 0 Å². The first-order chi connectivity index (χ1) is 13.1. The van der Waals surface area contributed by atoms with Gasteiger partial charge in [0.2, 0.25) is 5.88 Å². The summed E-state index contributed by atoms with van der Waals surface area (Å²) in [7, 11) is 0. The molecule has 3 aromatic rings. The van der Waals surface area contributed by atoms with Crippen molar-refractivity contribution < 1.29 is 4.74 Å². The average molecular weight is 374 g/mol. The molecule has 1 aliphatic heterocycles. The predicted octanol–water partition coefficient (Wildman–Crippen LogP) is 6.58. The number of rotatable bonds is 1. The SMILES string of the molecule is Cc1ccc2c(c1)N(c1c(C)cc(C(C)(C)C)cc1C)c1cnc(C)nc1O2. The molecule has 0 saturated heterocycles. The van der Waals surface area contributed by atoms with Crippen LogP contribution in [0.3, 0.4) is 0 Å². The first-order valence-corrected chi connectivity index (χ1v) is 9.69. The molecule has 0 atom stereocenters. The number of aromatic nitrogens is 2. The van der Waals surface area contributed by atoms with Gasteiger partial charge in [-0.1, -0.05) is 39.0 Å². The molecule has 0 bridgehead atoms. The summed E-state index contributed by atoms with van der Waals surface area (Å²) in [4.78, 5) is 11.2. The van der Waals surface area contributed by atoms with E-state index in [1.165, 1.54) is 22.3 Å². The van der Waals surface area contributed by atoms with Gasteiger partial charge in [-0.3, -0.25) is 0 Å². The first kappa shape index (κ1) is 18.5. The Morgan fingerprint density at radius 2 is 1.57 bits per heavy atom. The molecule has 4 nitrogen and oxygen atoms in total. The third kappa shape index (κ3) is 3.03. The fourth-order valence-corrected chi connectivity index (χ4v) is 3.78. The maximum Gasteiger partial charge on any atom is 0.247 e. The van der Waals surface area contributed by atoms with Crippen molar-refractivity contribution in [1.82, 2.24) is 9.97 Å². The highest BCUT2D eigenvalue weighted by Crippen LogP contribution is 2.51. The van der Waals surface area contributed by atoms with Gasteiger partial charge in [-0.25, -0.2) is 4.98 Å². The van der Waals surface area contributed by atoms with Crippen LogP contribution in [-0.2, 0) is 5.41 Å². The molecule has 0 aliphatic carbocycles. The molecule has 4 heteroatoms. The fraction of sp³-hybridized carbons (Fsp3) is 0.333. The maximum absolute atomic E-state index is 6.13. The van der Waals surface area contributed by atoms with Gasteiger partial charge in [0.15, 0.2) is 5.75 Å². The molecule has 144 valence electrons. The van der Waals surface area contributed by atoms with E-state index in [0.717, 1.165) is 22.8 Å². The van der Waals surface area contributed by atoms with E-state index < -0.39 is 0 Å². The van der Waals surface area contributed by atoms with Crippen LogP contribution >= 0.6 is 0 Å². The van der Waals surface area contributed by atoms with Crippen LogP contribution in [0.25, 0.3) is 0 Å². The van der Waals surface area contributed by atoms with Gasteiger partial charge in [0.05, 0.1) is 17.6 Å². The topological polar surface area (TPSA) is 38.2 Å². The van der Waals surface area contributed by atoms with Crippen LogP contribution in [0, 0.1) is 27.7 Å². The van der Waals surface area contributed by atoms with Gasteiger partial charge in [0, 0.05) is 0 Å². The number of nitrogens with zero attached hydrogens (tertiary/aromatic N) is 3. The number of hydrogen-bond donors (Lipinski definition) is 0. The Balaban J connectivity index is 1.99. The fourth-order valence-electron chi connectivity index (χ4n) is 3.78. The second kappa shape index (κ2) is 6.33. The molecule has 0 N–H and O–H groups in total.